The number of hydrogen-bond acceptors (Lipinski definition) is 3. The maximum absolute atomic E-state index is 11.5. The molecule has 4 rings (SSSR count). The summed E-state index contributed by atoms with van der Waals surface area (Å²) in [6, 6.07) is 29.8. The lowest BCUT2D eigenvalue weighted by molar-refractivity contribution is 0.0686. The van der Waals surface area contributed by atoms with Gasteiger partial charge in [0.05, 0.1) is 16.7 Å². The summed E-state index contributed by atoms with van der Waals surface area (Å²) in [7, 11) is -3.05. The summed E-state index contributed by atoms with van der Waals surface area (Å²) in [6.45, 7) is 0. The predicted octanol–water partition coefficient (Wildman–Crippen LogP) is 2.16. The van der Waals surface area contributed by atoms with E-state index in [2.05, 4.69) is 0 Å². The molecule has 4 aromatic rings. The van der Waals surface area contributed by atoms with Gasteiger partial charge in [0.25, 0.3) is 0 Å². The van der Waals surface area contributed by atoms with Crippen LogP contribution in [0.3, 0.4) is 0 Å². The van der Waals surface area contributed by atoms with Crippen molar-refractivity contribution < 1.29 is 29.7 Å². The largest absolute Gasteiger partial charge is 0.478 e. The second-order valence-corrected chi connectivity index (χ2v) is 11.6. The molecule has 3 N–H and O–H groups in total. The van der Waals surface area contributed by atoms with Gasteiger partial charge < -0.3 is 15.3 Å². The quantitative estimate of drug-likeness (QED) is 0.283. The van der Waals surface area contributed by atoms with Crippen LogP contribution in [0.15, 0.2) is 103 Å². The summed E-state index contributed by atoms with van der Waals surface area (Å²) in [5.41, 5.74) is 0.464. The van der Waals surface area contributed by atoms with Gasteiger partial charge in [-0.1, -0.05) is 66.7 Å². The Morgan fingerprint density at radius 2 is 0.676 bits per heavy atom. The Balaban J connectivity index is 2.07. The maximum atomic E-state index is 11.5. The van der Waals surface area contributed by atoms with Gasteiger partial charge in [-0.15, -0.1) is 0 Å². The van der Waals surface area contributed by atoms with Crippen molar-refractivity contribution in [2.45, 2.75) is 0 Å². The number of rotatable bonds is 7. The molecular weight excluding hydrogens is 448 g/mol. The standard InChI is InChI=1S/C27H20O6Si/c28-25(29)18-6-12-22(13-7-18)34(21-4-2-1-3-5-21,23-14-8-19(9-15-23)26(30)31)24-16-10-20(11-17-24)27(32)33/h1-17H,(H,28,29)(H,30,31)(H,32,33). The van der Waals surface area contributed by atoms with E-state index in [0.29, 0.717) is 0 Å². The van der Waals surface area contributed by atoms with Crippen molar-refractivity contribution in [2.24, 2.45) is 0 Å². The van der Waals surface area contributed by atoms with Crippen LogP contribution in [0.4, 0.5) is 0 Å². The molecule has 7 heteroatoms. The van der Waals surface area contributed by atoms with Gasteiger partial charge in [0.1, 0.15) is 0 Å². The Bertz CT molecular complexity index is 1210. The molecule has 0 saturated carbocycles. The molecule has 0 aromatic heterocycles. The van der Waals surface area contributed by atoms with E-state index in [4.69, 9.17) is 0 Å². The van der Waals surface area contributed by atoms with Crippen LogP contribution in [0.25, 0.3) is 0 Å². The van der Waals surface area contributed by atoms with Crippen molar-refractivity contribution in [3.05, 3.63) is 120 Å². The fourth-order valence-electron chi connectivity index (χ4n) is 4.28. The number of carbonyl (C=O) groups is 3. The first-order valence-corrected chi connectivity index (χ1v) is 12.4. The SMILES string of the molecule is O=C(O)c1ccc([Si](c2ccccc2)(c2ccc(C(=O)O)cc2)c2ccc(C(=O)O)cc2)cc1. The zero-order valence-electron chi connectivity index (χ0n) is 17.9. The van der Waals surface area contributed by atoms with E-state index in [1.54, 1.807) is 72.8 Å². The fourth-order valence-corrected chi connectivity index (χ4v) is 8.97. The van der Waals surface area contributed by atoms with Crippen LogP contribution in [0.1, 0.15) is 31.1 Å². The second-order valence-electron chi connectivity index (χ2n) is 7.76. The number of aromatic carboxylic acids is 3. The highest BCUT2D eigenvalue weighted by molar-refractivity contribution is 7.19. The molecule has 168 valence electrons. The lowest BCUT2D eigenvalue weighted by Crippen LogP contribution is -2.74. The average Bonchev–Trinajstić information content (AvgIpc) is 2.86. The van der Waals surface area contributed by atoms with Crippen LogP contribution in [0.5, 0.6) is 0 Å². The van der Waals surface area contributed by atoms with E-state index in [0.717, 1.165) is 20.7 Å². The van der Waals surface area contributed by atoms with E-state index in [1.165, 1.54) is 0 Å². The fraction of sp³-hybridized carbons (Fsp3) is 0. The summed E-state index contributed by atoms with van der Waals surface area (Å²) in [5.74, 6) is -3.10. The molecule has 0 spiro atoms. The number of carboxylic acids is 3. The van der Waals surface area contributed by atoms with Crippen molar-refractivity contribution in [2.75, 3.05) is 0 Å². The minimum Gasteiger partial charge on any atom is -0.478 e. The predicted molar refractivity (Wildman–Crippen MR) is 131 cm³/mol. The van der Waals surface area contributed by atoms with E-state index in [-0.39, 0.29) is 16.7 Å². The molecule has 0 fully saturated rings. The summed E-state index contributed by atoms with van der Waals surface area (Å²) in [5, 5.41) is 31.8. The third-order valence-electron chi connectivity index (χ3n) is 5.90. The first-order chi connectivity index (χ1) is 16.3. The molecule has 0 aliphatic rings. The van der Waals surface area contributed by atoms with Gasteiger partial charge in [-0.25, -0.2) is 14.4 Å². The highest BCUT2D eigenvalue weighted by Gasteiger charge is 2.41. The van der Waals surface area contributed by atoms with Crippen LogP contribution in [0.2, 0.25) is 0 Å². The zero-order chi connectivity index (χ0) is 24.3. The van der Waals surface area contributed by atoms with E-state index in [1.807, 2.05) is 30.3 Å². The van der Waals surface area contributed by atoms with E-state index >= 15 is 0 Å². The molecule has 4 aromatic carbocycles. The van der Waals surface area contributed by atoms with Gasteiger partial charge in [0.2, 0.25) is 0 Å². The Labute approximate surface area is 196 Å². The molecule has 0 saturated heterocycles. The molecule has 0 amide bonds. The minimum absolute atomic E-state index is 0.155. The Morgan fingerprint density at radius 1 is 0.412 bits per heavy atom. The molecule has 0 radical (unpaired) electrons. The van der Waals surface area contributed by atoms with Crippen molar-refractivity contribution in [1.82, 2.24) is 0 Å². The number of carboxylic acid groups (broad SMARTS) is 3. The van der Waals surface area contributed by atoms with Crippen molar-refractivity contribution in [3.8, 4) is 0 Å². The molecule has 6 nitrogen and oxygen atoms in total. The monoisotopic (exact) mass is 468 g/mol. The molecular formula is C27H20O6Si. The zero-order valence-corrected chi connectivity index (χ0v) is 18.9. The van der Waals surface area contributed by atoms with Crippen LogP contribution in [-0.4, -0.2) is 41.3 Å². The molecule has 0 bridgehead atoms. The molecule has 0 atom stereocenters. The smallest absolute Gasteiger partial charge is 0.335 e. The first-order valence-electron chi connectivity index (χ1n) is 10.4. The number of hydrogen-bond donors (Lipinski definition) is 3. The van der Waals surface area contributed by atoms with Gasteiger partial charge >= 0.3 is 17.9 Å². The Kier molecular flexibility index (Phi) is 6.12. The third kappa shape index (κ3) is 4.00. The van der Waals surface area contributed by atoms with Gasteiger partial charge in [-0.3, -0.25) is 0 Å². The highest BCUT2D eigenvalue weighted by Crippen LogP contribution is 2.12. The van der Waals surface area contributed by atoms with Gasteiger partial charge in [0.15, 0.2) is 8.07 Å². The lowest BCUT2D eigenvalue weighted by atomic mass is 10.2. The van der Waals surface area contributed by atoms with E-state index in [9.17, 15) is 29.7 Å². The number of benzene rings is 4. The van der Waals surface area contributed by atoms with Crippen LogP contribution in [0, 0.1) is 0 Å². The average molecular weight is 469 g/mol. The van der Waals surface area contributed by atoms with Gasteiger partial charge in [-0.2, -0.15) is 0 Å². The Morgan fingerprint density at radius 3 is 0.941 bits per heavy atom. The summed E-state index contributed by atoms with van der Waals surface area (Å²) in [6.07, 6.45) is 0. The van der Waals surface area contributed by atoms with Crippen molar-refractivity contribution in [1.29, 1.82) is 0 Å². The first kappa shape index (κ1) is 22.7. The molecule has 0 aliphatic heterocycles. The normalized spacial score (nSPS) is 11.1. The van der Waals surface area contributed by atoms with Crippen LogP contribution < -0.4 is 20.7 Å². The summed E-state index contributed by atoms with van der Waals surface area (Å²) in [4.78, 5) is 34.4. The topological polar surface area (TPSA) is 112 Å². The van der Waals surface area contributed by atoms with Crippen LogP contribution in [-0.2, 0) is 0 Å². The van der Waals surface area contributed by atoms with E-state index < -0.39 is 26.0 Å². The van der Waals surface area contributed by atoms with Gasteiger partial charge in [0, 0.05) is 0 Å². The maximum Gasteiger partial charge on any atom is 0.335 e. The molecule has 0 heterocycles. The molecule has 34 heavy (non-hydrogen) atoms. The van der Waals surface area contributed by atoms with Gasteiger partial charge in [-0.05, 0) is 57.1 Å². The van der Waals surface area contributed by atoms with Crippen molar-refractivity contribution in [3.63, 3.8) is 0 Å². The molecule has 0 aliphatic carbocycles. The Hall–Kier alpha value is -4.49. The van der Waals surface area contributed by atoms with Crippen molar-refractivity contribution >= 4 is 46.7 Å². The third-order valence-corrected chi connectivity index (χ3v) is 10.7. The lowest BCUT2D eigenvalue weighted by Gasteiger charge is -2.34. The molecule has 0 unspecified atom stereocenters. The minimum atomic E-state index is -3.05. The highest BCUT2D eigenvalue weighted by atomic mass is 28.3. The second kappa shape index (κ2) is 9.17. The summed E-state index contributed by atoms with van der Waals surface area (Å²) >= 11 is 0. The van der Waals surface area contributed by atoms with Crippen LogP contribution >= 0.6 is 0 Å². The summed E-state index contributed by atoms with van der Waals surface area (Å²) < 4.78 is 0.